The molecule has 20 heavy (non-hydrogen) atoms. The number of rotatable bonds is 3. The second-order valence-electron chi connectivity index (χ2n) is 5.68. The number of carbonyl (C=O) groups excluding carboxylic acids is 1. The monoisotopic (exact) mass is 323 g/mol. The molecule has 0 aromatic heterocycles. The standard InChI is InChI=1S/C12H21NO5S2/c1-10(14)11-2-6-13(7-3-11)20(17,18)12-4-8-19(15,16)9-5-12/h11-12H,2-9H2,1H3. The summed E-state index contributed by atoms with van der Waals surface area (Å²) >= 11 is 0. The third-order valence-corrected chi connectivity index (χ3v) is 8.43. The molecule has 0 unspecified atom stereocenters. The highest BCUT2D eigenvalue weighted by Crippen LogP contribution is 2.26. The molecule has 0 aromatic rings. The Hall–Kier alpha value is -0.470. The maximum absolute atomic E-state index is 12.5. The molecule has 6 nitrogen and oxygen atoms in total. The van der Waals surface area contributed by atoms with Crippen LogP contribution in [0.1, 0.15) is 32.6 Å². The molecule has 0 aromatic carbocycles. The second kappa shape index (κ2) is 5.73. The van der Waals surface area contributed by atoms with Crippen molar-refractivity contribution >= 4 is 25.6 Å². The summed E-state index contributed by atoms with van der Waals surface area (Å²) in [5, 5.41) is -0.583. The minimum atomic E-state index is -3.43. The Morgan fingerprint density at radius 2 is 1.55 bits per heavy atom. The summed E-state index contributed by atoms with van der Waals surface area (Å²) in [6.45, 7) is 2.28. The molecule has 2 rings (SSSR count). The van der Waals surface area contributed by atoms with Gasteiger partial charge >= 0.3 is 0 Å². The molecule has 0 atom stereocenters. The smallest absolute Gasteiger partial charge is 0.217 e. The molecule has 0 bridgehead atoms. The fraction of sp³-hybridized carbons (Fsp3) is 0.917. The minimum absolute atomic E-state index is 0.0341. The molecule has 0 radical (unpaired) electrons. The predicted octanol–water partition coefficient (Wildman–Crippen LogP) is 0.194. The van der Waals surface area contributed by atoms with Gasteiger partial charge in [0.2, 0.25) is 10.0 Å². The Bertz CT molecular complexity index is 559. The highest BCUT2D eigenvalue weighted by molar-refractivity contribution is 7.92. The molecule has 0 spiro atoms. The Balaban J connectivity index is 2.00. The van der Waals surface area contributed by atoms with Crippen LogP contribution in [0.2, 0.25) is 0 Å². The number of hydrogen-bond acceptors (Lipinski definition) is 5. The van der Waals surface area contributed by atoms with Crippen LogP contribution in [0.4, 0.5) is 0 Å². The molecule has 2 aliphatic heterocycles. The van der Waals surface area contributed by atoms with E-state index in [-0.39, 0.29) is 36.0 Å². The lowest BCUT2D eigenvalue weighted by molar-refractivity contribution is -0.121. The average Bonchev–Trinajstić information content (AvgIpc) is 2.38. The van der Waals surface area contributed by atoms with E-state index in [9.17, 15) is 21.6 Å². The van der Waals surface area contributed by atoms with E-state index in [2.05, 4.69) is 0 Å². The zero-order chi connectivity index (χ0) is 15.0. The van der Waals surface area contributed by atoms with Crippen molar-refractivity contribution in [2.45, 2.75) is 37.9 Å². The molecular formula is C12H21NO5S2. The SMILES string of the molecule is CC(=O)C1CCN(S(=O)(=O)C2CCS(=O)(=O)CC2)CC1. The molecule has 0 aliphatic carbocycles. The van der Waals surface area contributed by atoms with Crippen LogP contribution in [0.3, 0.4) is 0 Å². The van der Waals surface area contributed by atoms with Gasteiger partial charge in [0.15, 0.2) is 0 Å². The van der Waals surface area contributed by atoms with Gasteiger partial charge < -0.3 is 0 Å². The quantitative estimate of drug-likeness (QED) is 0.740. The molecule has 2 aliphatic rings. The van der Waals surface area contributed by atoms with Crippen LogP contribution < -0.4 is 0 Å². The molecule has 8 heteroatoms. The van der Waals surface area contributed by atoms with E-state index in [1.807, 2.05) is 0 Å². The molecule has 0 N–H and O–H groups in total. The van der Waals surface area contributed by atoms with Gasteiger partial charge in [-0.25, -0.2) is 21.1 Å². The maximum Gasteiger partial charge on any atom is 0.217 e. The highest BCUT2D eigenvalue weighted by Gasteiger charge is 2.38. The first-order valence-corrected chi connectivity index (χ1v) is 10.2. The normalized spacial score (nSPS) is 26.4. The van der Waals surface area contributed by atoms with E-state index >= 15 is 0 Å². The van der Waals surface area contributed by atoms with Gasteiger partial charge in [-0.1, -0.05) is 0 Å². The summed E-state index contributed by atoms with van der Waals surface area (Å²) in [5.41, 5.74) is 0. The number of carbonyl (C=O) groups is 1. The Labute approximate surface area is 120 Å². The van der Waals surface area contributed by atoms with Crippen LogP contribution >= 0.6 is 0 Å². The van der Waals surface area contributed by atoms with Crippen LogP contribution in [0, 0.1) is 5.92 Å². The molecular weight excluding hydrogens is 302 g/mol. The number of Topliss-reactive ketones (excluding diaryl/α,β-unsaturated/α-hetero) is 1. The predicted molar refractivity (Wildman–Crippen MR) is 75.6 cm³/mol. The molecule has 2 heterocycles. The largest absolute Gasteiger partial charge is 0.300 e. The number of nitrogens with zero attached hydrogens (tertiary/aromatic N) is 1. The number of piperidine rings is 1. The average molecular weight is 323 g/mol. The lowest BCUT2D eigenvalue weighted by Crippen LogP contribution is -2.46. The van der Waals surface area contributed by atoms with Crippen molar-refractivity contribution in [2.75, 3.05) is 24.6 Å². The first-order valence-electron chi connectivity index (χ1n) is 6.92. The summed E-state index contributed by atoms with van der Waals surface area (Å²) in [5.74, 6) is 0.000668. The maximum atomic E-state index is 12.5. The summed E-state index contributed by atoms with van der Waals surface area (Å²) in [4.78, 5) is 11.3. The lowest BCUT2D eigenvalue weighted by Gasteiger charge is -2.34. The molecule has 2 saturated heterocycles. The van der Waals surface area contributed by atoms with Crippen molar-refractivity contribution < 1.29 is 21.6 Å². The van der Waals surface area contributed by atoms with Gasteiger partial charge in [0.25, 0.3) is 0 Å². The van der Waals surface area contributed by atoms with E-state index in [0.717, 1.165) is 0 Å². The first kappa shape index (κ1) is 15.9. The molecule has 116 valence electrons. The molecule has 0 saturated carbocycles. The van der Waals surface area contributed by atoms with Crippen molar-refractivity contribution in [2.24, 2.45) is 5.92 Å². The van der Waals surface area contributed by atoms with E-state index in [4.69, 9.17) is 0 Å². The van der Waals surface area contributed by atoms with Crippen molar-refractivity contribution in [3.63, 3.8) is 0 Å². The van der Waals surface area contributed by atoms with Crippen LogP contribution in [0.25, 0.3) is 0 Å². The van der Waals surface area contributed by atoms with E-state index in [1.54, 1.807) is 6.92 Å². The third kappa shape index (κ3) is 3.40. The second-order valence-corrected chi connectivity index (χ2v) is 10.2. The fourth-order valence-electron chi connectivity index (χ4n) is 2.89. The Morgan fingerprint density at radius 1 is 1.05 bits per heavy atom. The van der Waals surface area contributed by atoms with Gasteiger partial charge in [-0.15, -0.1) is 0 Å². The van der Waals surface area contributed by atoms with Gasteiger partial charge in [-0.2, -0.15) is 0 Å². The van der Waals surface area contributed by atoms with Gasteiger partial charge in [0.1, 0.15) is 15.6 Å². The van der Waals surface area contributed by atoms with E-state index < -0.39 is 25.1 Å². The van der Waals surface area contributed by atoms with Crippen molar-refractivity contribution in [3.8, 4) is 0 Å². The number of sulfonamides is 1. The van der Waals surface area contributed by atoms with E-state index in [0.29, 0.717) is 25.9 Å². The number of ketones is 1. The number of hydrogen-bond donors (Lipinski definition) is 0. The lowest BCUT2D eigenvalue weighted by atomic mass is 9.95. The number of sulfone groups is 1. The van der Waals surface area contributed by atoms with Crippen LogP contribution in [-0.2, 0) is 24.7 Å². The van der Waals surface area contributed by atoms with Crippen LogP contribution in [0.15, 0.2) is 0 Å². The van der Waals surface area contributed by atoms with Gasteiger partial charge in [-0.05, 0) is 32.6 Å². The topological polar surface area (TPSA) is 88.6 Å². The first-order chi connectivity index (χ1) is 9.22. The minimum Gasteiger partial charge on any atom is -0.300 e. The third-order valence-electron chi connectivity index (χ3n) is 4.31. The molecule has 2 fully saturated rings. The van der Waals surface area contributed by atoms with Gasteiger partial charge in [0.05, 0.1) is 16.8 Å². The van der Waals surface area contributed by atoms with Crippen molar-refractivity contribution in [3.05, 3.63) is 0 Å². The van der Waals surface area contributed by atoms with Gasteiger partial charge in [-0.3, -0.25) is 4.79 Å². The summed E-state index contributed by atoms with van der Waals surface area (Å²) in [6.07, 6.45) is 1.52. The zero-order valence-electron chi connectivity index (χ0n) is 11.6. The summed E-state index contributed by atoms with van der Waals surface area (Å²) < 4.78 is 49.1. The summed E-state index contributed by atoms with van der Waals surface area (Å²) in [7, 11) is -6.48. The van der Waals surface area contributed by atoms with Crippen LogP contribution in [-0.4, -0.2) is 56.8 Å². The van der Waals surface area contributed by atoms with Crippen molar-refractivity contribution in [1.29, 1.82) is 0 Å². The Kier molecular flexibility index (Phi) is 4.56. The molecule has 0 amide bonds. The fourth-order valence-corrected chi connectivity index (χ4v) is 6.66. The Morgan fingerprint density at radius 3 is 2.00 bits per heavy atom. The highest BCUT2D eigenvalue weighted by atomic mass is 32.2. The van der Waals surface area contributed by atoms with Crippen LogP contribution in [0.5, 0.6) is 0 Å². The van der Waals surface area contributed by atoms with Gasteiger partial charge in [0, 0.05) is 19.0 Å². The van der Waals surface area contributed by atoms with Crippen molar-refractivity contribution in [1.82, 2.24) is 4.31 Å². The van der Waals surface area contributed by atoms with E-state index in [1.165, 1.54) is 4.31 Å². The summed E-state index contributed by atoms with van der Waals surface area (Å²) in [6, 6.07) is 0. The zero-order valence-corrected chi connectivity index (χ0v) is 13.2.